The van der Waals surface area contributed by atoms with Crippen molar-refractivity contribution in [3.63, 3.8) is 0 Å². The van der Waals surface area contributed by atoms with Crippen LogP contribution < -0.4 is 0 Å². The van der Waals surface area contributed by atoms with E-state index in [1.54, 1.807) is 0 Å². The van der Waals surface area contributed by atoms with Gasteiger partial charge in [-0.1, -0.05) is 27.2 Å². The molecule has 0 aromatic heterocycles. The van der Waals surface area contributed by atoms with Crippen LogP contribution in [0.2, 0.25) is 0 Å². The first-order chi connectivity index (χ1) is 7.43. The minimum Gasteiger partial charge on any atom is -0.480 e. The quantitative estimate of drug-likeness (QED) is 0.726. The Balaban J connectivity index is 4.61. The molecule has 0 aliphatic carbocycles. The van der Waals surface area contributed by atoms with E-state index in [1.807, 2.05) is 27.7 Å². The molecule has 1 amide bonds. The van der Waals surface area contributed by atoms with Crippen LogP contribution in [0.5, 0.6) is 0 Å². The van der Waals surface area contributed by atoms with E-state index in [2.05, 4.69) is 0 Å². The van der Waals surface area contributed by atoms with Crippen LogP contribution in [-0.2, 0) is 9.59 Å². The Morgan fingerprint density at radius 2 is 1.81 bits per heavy atom. The average Bonchev–Trinajstić information content (AvgIpc) is 2.20. The van der Waals surface area contributed by atoms with Crippen LogP contribution in [0, 0.1) is 11.8 Å². The summed E-state index contributed by atoms with van der Waals surface area (Å²) in [4.78, 5) is 24.2. The van der Waals surface area contributed by atoms with Crippen molar-refractivity contribution in [2.75, 3.05) is 13.1 Å². The molecule has 0 aromatic rings. The number of hydrogen-bond donors (Lipinski definition) is 1. The van der Waals surface area contributed by atoms with E-state index in [9.17, 15) is 9.59 Å². The summed E-state index contributed by atoms with van der Waals surface area (Å²) in [6, 6.07) is 0. The molecule has 0 saturated carbocycles. The standard InChI is InChI=1S/C12H23NO3/c1-5-7-10(9(3)4)12(16)13(6-2)8-11(14)15/h9-10H,5-8H2,1-4H3,(H,14,15). The third-order valence-electron chi connectivity index (χ3n) is 2.74. The van der Waals surface area contributed by atoms with Crippen LogP contribution in [0.1, 0.15) is 40.5 Å². The number of carboxylic acid groups (broad SMARTS) is 1. The highest BCUT2D eigenvalue weighted by atomic mass is 16.4. The number of aliphatic carboxylic acids is 1. The summed E-state index contributed by atoms with van der Waals surface area (Å²) in [6.45, 7) is 8.13. The Hall–Kier alpha value is -1.06. The molecule has 94 valence electrons. The summed E-state index contributed by atoms with van der Waals surface area (Å²) in [7, 11) is 0. The summed E-state index contributed by atoms with van der Waals surface area (Å²) >= 11 is 0. The molecule has 0 aromatic carbocycles. The van der Waals surface area contributed by atoms with E-state index in [0.717, 1.165) is 12.8 Å². The van der Waals surface area contributed by atoms with Crippen molar-refractivity contribution in [3.05, 3.63) is 0 Å². The number of nitrogens with zero attached hydrogens (tertiary/aromatic N) is 1. The molecule has 1 atom stereocenters. The van der Waals surface area contributed by atoms with Gasteiger partial charge in [-0.2, -0.15) is 0 Å². The van der Waals surface area contributed by atoms with Crippen molar-refractivity contribution in [1.82, 2.24) is 4.90 Å². The molecule has 4 nitrogen and oxygen atoms in total. The highest BCUT2D eigenvalue weighted by Crippen LogP contribution is 2.19. The fourth-order valence-corrected chi connectivity index (χ4v) is 1.80. The number of amides is 1. The van der Waals surface area contributed by atoms with Gasteiger partial charge >= 0.3 is 5.97 Å². The zero-order valence-corrected chi connectivity index (χ0v) is 10.7. The predicted molar refractivity (Wildman–Crippen MR) is 63.1 cm³/mol. The maximum absolute atomic E-state index is 12.1. The second kappa shape index (κ2) is 7.25. The van der Waals surface area contributed by atoms with Crippen molar-refractivity contribution in [1.29, 1.82) is 0 Å². The molecule has 0 fully saturated rings. The molecular formula is C12H23NO3. The van der Waals surface area contributed by atoms with Gasteiger partial charge in [0.25, 0.3) is 0 Å². The summed E-state index contributed by atoms with van der Waals surface area (Å²) in [6.07, 6.45) is 1.77. The van der Waals surface area contributed by atoms with E-state index in [0.29, 0.717) is 6.54 Å². The van der Waals surface area contributed by atoms with Crippen molar-refractivity contribution in [3.8, 4) is 0 Å². The molecule has 1 unspecified atom stereocenters. The second-order valence-corrected chi connectivity index (χ2v) is 4.39. The lowest BCUT2D eigenvalue weighted by atomic mass is 9.90. The molecule has 0 spiro atoms. The molecule has 1 N–H and O–H groups in total. The normalized spacial score (nSPS) is 12.6. The van der Waals surface area contributed by atoms with Gasteiger partial charge in [0.2, 0.25) is 5.91 Å². The van der Waals surface area contributed by atoms with Gasteiger partial charge in [0.1, 0.15) is 6.54 Å². The van der Waals surface area contributed by atoms with Crippen molar-refractivity contribution in [2.24, 2.45) is 11.8 Å². The Morgan fingerprint density at radius 1 is 1.25 bits per heavy atom. The largest absolute Gasteiger partial charge is 0.480 e. The molecule has 0 bridgehead atoms. The number of carboxylic acids is 1. The van der Waals surface area contributed by atoms with Crippen molar-refractivity contribution < 1.29 is 14.7 Å². The van der Waals surface area contributed by atoms with Gasteiger partial charge in [-0.05, 0) is 19.3 Å². The first kappa shape index (κ1) is 14.9. The molecular weight excluding hydrogens is 206 g/mol. The van der Waals surface area contributed by atoms with Gasteiger partial charge in [-0.3, -0.25) is 9.59 Å². The highest BCUT2D eigenvalue weighted by molar-refractivity contribution is 5.83. The number of rotatable bonds is 7. The number of carbonyl (C=O) groups is 2. The van der Waals surface area contributed by atoms with Crippen LogP contribution in [0.4, 0.5) is 0 Å². The van der Waals surface area contributed by atoms with Crippen LogP contribution in [0.3, 0.4) is 0 Å². The number of likely N-dealkylation sites (N-methyl/N-ethyl adjacent to an activating group) is 1. The van der Waals surface area contributed by atoms with Crippen LogP contribution in [0.15, 0.2) is 0 Å². The Morgan fingerprint density at radius 3 is 2.12 bits per heavy atom. The Kier molecular flexibility index (Phi) is 6.77. The van der Waals surface area contributed by atoms with Crippen LogP contribution in [0.25, 0.3) is 0 Å². The van der Waals surface area contributed by atoms with Gasteiger partial charge in [0, 0.05) is 12.5 Å². The third kappa shape index (κ3) is 4.64. The zero-order chi connectivity index (χ0) is 12.7. The highest BCUT2D eigenvalue weighted by Gasteiger charge is 2.26. The summed E-state index contributed by atoms with van der Waals surface area (Å²) in [5, 5.41) is 8.72. The van der Waals surface area contributed by atoms with Gasteiger partial charge in [-0.25, -0.2) is 0 Å². The minimum atomic E-state index is -0.950. The lowest BCUT2D eigenvalue weighted by molar-refractivity contribution is -0.147. The lowest BCUT2D eigenvalue weighted by Crippen LogP contribution is -2.41. The van der Waals surface area contributed by atoms with Crippen molar-refractivity contribution >= 4 is 11.9 Å². The maximum Gasteiger partial charge on any atom is 0.323 e. The van der Waals surface area contributed by atoms with E-state index >= 15 is 0 Å². The molecule has 0 heterocycles. The van der Waals surface area contributed by atoms with E-state index in [4.69, 9.17) is 5.11 Å². The molecule has 0 radical (unpaired) electrons. The predicted octanol–water partition coefficient (Wildman–Crippen LogP) is 1.99. The summed E-state index contributed by atoms with van der Waals surface area (Å²) < 4.78 is 0. The smallest absolute Gasteiger partial charge is 0.323 e. The monoisotopic (exact) mass is 229 g/mol. The molecule has 0 rings (SSSR count). The fourth-order valence-electron chi connectivity index (χ4n) is 1.80. The topological polar surface area (TPSA) is 57.6 Å². The lowest BCUT2D eigenvalue weighted by Gasteiger charge is -2.27. The van der Waals surface area contributed by atoms with E-state index in [1.165, 1.54) is 4.90 Å². The van der Waals surface area contributed by atoms with E-state index in [-0.39, 0.29) is 24.3 Å². The molecule has 4 heteroatoms. The first-order valence-electron chi connectivity index (χ1n) is 5.94. The van der Waals surface area contributed by atoms with Gasteiger partial charge in [0.05, 0.1) is 0 Å². The average molecular weight is 229 g/mol. The second-order valence-electron chi connectivity index (χ2n) is 4.39. The fraction of sp³-hybridized carbons (Fsp3) is 0.833. The van der Waals surface area contributed by atoms with Gasteiger partial charge in [-0.15, -0.1) is 0 Å². The first-order valence-corrected chi connectivity index (χ1v) is 5.94. The Bertz CT molecular complexity index is 238. The minimum absolute atomic E-state index is 0.0262. The molecule has 0 saturated heterocycles. The summed E-state index contributed by atoms with van der Waals surface area (Å²) in [5.41, 5.74) is 0. The molecule has 0 aliphatic rings. The van der Waals surface area contributed by atoms with E-state index < -0.39 is 5.97 Å². The number of hydrogen-bond acceptors (Lipinski definition) is 2. The van der Waals surface area contributed by atoms with Crippen LogP contribution >= 0.6 is 0 Å². The van der Waals surface area contributed by atoms with Crippen LogP contribution in [-0.4, -0.2) is 35.0 Å². The molecule has 16 heavy (non-hydrogen) atoms. The Labute approximate surface area is 97.6 Å². The van der Waals surface area contributed by atoms with Gasteiger partial charge < -0.3 is 10.0 Å². The van der Waals surface area contributed by atoms with Crippen molar-refractivity contribution in [2.45, 2.75) is 40.5 Å². The SMILES string of the molecule is CCCC(C(=O)N(CC)CC(=O)O)C(C)C. The maximum atomic E-state index is 12.1. The third-order valence-corrected chi connectivity index (χ3v) is 2.74. The summed E-state index contributed by atoms with van der Waals surface area (Å²) in [5.74, 6) is -0.768. The molecule has 0 aliphatic heterocycles. The van der Waals surface area contributed by atoms with Gasteiger partial charge in [0.15, 0.2) is 0 Å². The number of carbonyl (C=O) groups excluding carboxylic acids is 1. The zero-order valence-electron chi connectivity index (χ0n) is 10.7.